The van der Waals surface area contributed by atoms with Crippen LogP contribution in [0, 0.1) is 0 Å². The molecule has 0 spiro atoms. The van der Waals surface area contributed by atoms with E-state index in [0.29, 0.717) is 32.4 Å². The number of benzene rings is 2. The lowest BCUT2D eigenvalue weighted by atomic mass is 10.2. The van der Waals surface area contributed by atoms with Crippen LogP contribution in [0.25, 0.3) is 0 Å². The topological polar surface area (TPSA) is 56.1 Å². The summed E-state index contributed by atoms with van der Waals surface area (Å²) in [5.41, 5.74) is 0.896. The molecule has 3 rings (SSSR count). The van der Waals surface area contributed by atoms with Crippen molar-refractivity contribution in [2.75, 3.05) is 11.9 Å². The Labute approximate surface area is 175 Å². The van der Waals surface area contributed by atoms with E-state index in [9.17, 15) is 4.79 Å². The molecule has 0 fully saturated rings. The van der Waals surface area contributed by atoms with E-state index in [-0.39, 0.29) is 18.3 Å². The van der Waals surface area contributed by atoms with Crippen molar-refractivity contribution in [3.05, 3.63) is 74.3 Å². The highest BCUT2D eigenvalue weighted by Gasteiger charge is 2.12. The molecule has 1 amide bonds. The standard InChI is InChI=1S/C18H13Cl4N3O2/c19-12-2-4-13(5-3-12)27-10-17(26)23-18-16(22)9-25(24-18)8-11-1-6-14(20)15(21)7-11/h1-7,9H,8,10H2,(H,23,24,26). The number of carbonyl (C=O) groups is 1. The van der Waals surface area contributed by atoms with Crippen LogP contribution in [0.15, 0.2) is 48.7 Å². The molecule has 1 heterocycles. The first-order chi connectivity index (χ1) is 12.9. The van der Waals surface area contributed by atoms with Crippen molar-refractivity contribution in [1.29, 1.82) is 0 Å². The van der Waals surface area contributed by atoms with Gasteiger partial charge >= 0.3 is 0 Å². The molecule has 0 bridgehead atoms. The molecule has 0 radical (unpaired) electrons. The Bertz CT molecular complexity index is 958. The van der Waals surface area contributed by atoms with Gasteiger partial charge in [-0.3, -0.25) is 9.48 Å². The fourth-order valence-corrected chi connectivity index (χ4v) is 2.88. The number of anilines is 1. The second-order valence-corrected chi connectivity index (χ2v) is 7.22. The Balaban J connectivity index is 1.59. The molecule has 0 unspecified atom stereocenters. The van der Waals surface area contributed by atoms with E-state index in [4.69, 9.17) is 51.1 Å². The third-order valence-corrected chi connectivity index (χ3v) is 4.75. The van der Waals surface area contributed by atoms with Gasteiger partial charge in [-0.05, 0) is 42.0 Å². The van der Waals surface area contributed by atoms with Crippen LogP contribution in [-0.2, 0) is 11.3 Å². The van der Waals surface area contributed by atoms with Crippen molar-refractivity contribution in [2.24, 2.45) is 0 Å². The quantitative estimate of drug-likeness (QED) is 0.541. The average Bonchev–Trinajstić information content (AvgIpc) is 2.96. The maximum Gasteiger partial charge on any atom is 0.263 e. The first-order valence-corrected chi connectivity index (χ1v) is 9.27. The number of halogens is 4. The van der Waals surface area contributed by atoms with Gasteiger partial charge in [0.2, 0.25) is 0 Å². The number of ether oxygens (including phenoxy) is 1. The predicted molar refractivity (Wildman–Crippen MR) is 108 cm³/mol. The van der Waals surface area contributed by atoms with Crippen molar-refractivity contribution in [3.8, 4) is 5.75 Å². The fourth-order valence-electron chi connectivity index (χ4n) is 2.24. The number of rotatable bonds is 6. The largest absolute Gasteiger partial charge is 0.484 e. The first-order valence-electron chi connectivity index (χ1n) is 7.76. The number of nitrogens with zero attached hydrogens (tertiary/aromatic N) is 2. The number of carbonyl (C=O) groups excluding carboxylic acids is 1. The van der Waals surface area contributed by atoms with Gasteiger partial charge in [-0.15, -0.1) is 0 Å². The minimum absolute atomic E-state index is 0.183. The molecule has 3 aromatic rings. The van der Waals surface area contributed by atoms with E-state index < -0.39 is 0 Å². The SMILES string of the molecule is O=C(COc1ccc(Cl)cc1)Nc1nn(Cc2ccc(Cl)c(Cl)c2)cc1Cl. The Morgan fingerprint density at radius 3 is 2.44 bits per heavy atom. The van der Waals surface area contributed by atoms with E-state index in [2.05, 4.69) is 10.4 Å². The van der Waals surface area contributed by atoms with Crippen LogP contribution in [0.5, 0.6) is 5.75 Å². The van der Waals surface area contributed by atoms with Crippen molar-refractivity contribution in [2.45, 2.75) is 6.54 Å². The lowest BCUT2D eigenvalue weighted by molar-refractivity contribution is -0.118. The van der Waals surface area contributed by atoms with Crippen molar-refractivity contribution < 1.29 is 9.53 Å². The van der Waals surface area contributed by atoms with Gasteiger partial charge in [0.15, 0.2) is 12.4 Å². The summed E-state index contributed by atoms with van der Waals surface area (Å²) in [4.78, 5) is 12.1. The van der Waals surface area contributed by atoms with Gasteiger partial charge in [-0.25, -0.2) is 0 Å². The molecule has 0 aliphatic rings. The zero-order valence-corrected chi connectivity index (χ0v) is 16.8. The smallest absolute Gasteiger partial charge is 0.263 e. The number of hydrogen-bond donors (Lipinski definition) is 1. The molecular weight excluding hydrogens is 432 g/mol. The Morgan fingerprint density at radius 2 is 1.74 bits per heavy atom. The van der Waals surface area contributed by atoms with Crippen LogP contribution in [0.3, 0.4) is 0 Å². The molecule has 0 saturated heterocycles. The lowest BCUT2D eigenvalue weighted by Gasteiger charge is -2.06. The molecule has 0 aliphatic heterocycles. The van der Waals surface area contributed by atoms with Crippen LogP contribution in [-0.4, -0.2) is 22.3 Å². The normalized spacial score (nSPS) is 10.7. The molecular formula is C18H13Cl4N3O2. The zero-order chi connectivity index (χ0) is 19.4. The molecule has 9 heteroatoms. The molecule has 5 nitrogen and oxygen atoms in total. The van der Waals surface area contributed by atoms with E-state index in [1.807, 2.05) is 6.07 Å². The van der Waals surface area contributed by atoms with Gasteiger partial charge in [-0.2, -0.15) is 5.10 Å². The summed E-state index contributed by atoms with van der Waals surface area (Å²) in [5.74, 6) is 0.402. The van der Waals surface area contributed by atoms with E-state index in [0.717, 1.165) is 5.56 Å². The van der Waals surface area contributed by atoms with E-state index in [1.165, 1.54) is 0 Å². The monoisotopic (exact) mass is 443 g/mol. The highest BCUT2D eigenvalue weighted by Crippen LogP contribution is 2.24. The molecule has 2 aromatic carbocycles. The van der Waals surface area contributed by atoms with Gasteiger partial charge < -0.3 is 10.1 Å². The van der Waals surface area contributed by atoms with Crippen molar-refractivity contribution in [1.82, 2.24) is 9.78 Å². The lowest BCUT2D eigenvalue weighted by Crippen LogP contribution is -2.20. The maximum absolute atomic E-state index is 12.1. The van der Waals surface area contributed by atoms with E-state index in [1.54, 1.807) is 47.3 Å². The summed E-state index contributed by atoms with van der Waals surface area (Å²) in [7, 11) is 0. The first kappa shape index (κ1) is 19.8. The van der Waals surface area contributed by atoms with Crippen LogP contribution in [0.1, 0.15) is 5.56 Å². The molecule has 140 valence electrons. The van der Waals surface area contributed by atoms with Gasteiger partial charge in [0, 0.05) is 11.2 Å². The summed E-state index contributed by atoms with van der Waals surface area (Å²) >= 11 is 23.9. The molecule has 0 atom stereocenters. The summed E-state index contributed by atoms with van der Waals surface area (Å²) in [5, 5.41) is 8.73. The second kappa shape index (κ2) is 8.85. The van der Waals surface area contributed by atoms with Crippen LogP contribution in [0.4, 0.5) is 5.82 Å². The molecule has 0 saturated carbocycles. The summed E-state index contributed by atoms with van der Waals surface area (Å²) in [6.07, 6.45) is 1.61. The molecule has 0 aliphatic carbocycles. The fraction of sp³-hybridized carbons (Fsp3) is 0.111. The average molecular weight is 445 g/mol. The zero-order valence-electron chi connectivity index (χ0n) is 13.8. The second-order valence-electron chi connectivity index (χ2n) is 5.56. The van der Waals surface area contributed by atoms with Crippen LogP contribution in [0.2, 0.25) is 20.1 Å². The maximum atomic E-state index is 12.1. The third-order valence-electron chi connectivity index (χ3n) is 3.49. The summed E-state index contributed by atoms with van der Waals surface area (Å²) in [6, 6.07) is 12.0. The number of amides is 1. The Hall–Kier alpha value is -1.92. The predicted octanol–water partition coefficient (Wildman–Crippen LogP) is 5.56. The Kier molecular flexibility index (Phi) is 6.50. The van der Waals surface area contributed by atoms with Crippen LogP contribution < -0.4 is 10.1 Å². The van der Waals surface area contributed by atoms with Gasteiger partial charge in [-0.1, -0.05) is 52.5 Å². The highest BCUT2D eigenvalue weighted by atomic mass is 35.5. The number of nitrogens with one attached hydrogen (secondary N) is 1. The molecule has 27 heavy (non-hydrogen) atoms. The number of hydrogen-bond acceptors (Lipinski definition) is 3. The van der Waals surface area contributed by atoms with Crippen LogP contribution >= 0.6 is 46.4 Å². The van der Waals surface area contributed by atoms with Crippen molar-refractivity contribution in [3.63, 3.8) is 0 Å². The van der Waals surface area contributed by atoms with Crippen molar-refractivity contribution >= 4 is 58.1 Å². The van der Waals surface area contributed by atoms with E-state index >= 15 is 0 Å². The summed E-state index contributed by atoms with van der Waals surface area (Å²) < 4.78 is 6.98. The Morgan fingerprint density at radius 1 is 1.00 bits per heavy atom. The number of aromatic nitrogens is 2. The van der Waals surface area contributed by atoms with Gasteiger partial charge in [0.25, 0.3) is 5.91 Å². The minimum Gasteiger partial charge on any atom is -0.484 e. The van der Waals surface area contributed by atoms with Gasteiger partial charge in [0.1, 0.15) is 10.8 Å². The highest BCUT2D eigenvalue weighted by molar-refractivity contribution is 6.42. The summed E-state index contributed by atoms with van der Waals surface area (Å²) in [6.45, 7) is 0.241. The molecule has 1 aromatic heterocycles. The molecule has 1 N–H and O–H groups in total. The van der Waals surface area contributed by atoms with Gasteiger partial charge in [0.05, 0.1) is 16.6 Å². The minimum atomic E-state index is -0.383. The third kappa shape index (κ3) is 5.53.